The number of benzene rings is 1. The molecule has 146 valence electrons. The third-order valence-electron chi connectivity index (χ3n) is 4.19. The predicted molar refractivity (Wildman–Crippen MR) is 101 cm³/mol. The molecular formula is C20H17FN6O2. The summed E-state index contributed by atoms with van der Waals surface area (Å²) in [6.07, 6.45) is 4.80. The van der Waals surface area contributed by atoms with Crippen LogP contribution in [0, 0.1) is 5.82 Å². The van der Waals surface area contributed by atoms with E-state index in [9.17, 15) is 9.18 Å². The summed E-state index contributed by atoms with van der Waals surface area (Å²) >= 11 is 0. The van der Waals surface area contributed by atoms with Gasteiger partial charge in [0.2, 0.25) is 5.88 Å². The van der Waals surface area contributed by atoms with E-state index < -0.39 is 0 Å². The smallest absolute Gasteiger partial charge is 0.261 e. The average molecular weight is 392 g/mol. The third kappa shape index (κ3) is 4.70. The molecule has 0 atom stereocenters. The van der Waals surface area contributed by atoms with Crippen molar-refractivity contribution in [3.05, 3.63) is 84.2 Å². The van der Waals surface area contributed by atoms with Crippen LogP contribution in [-0.2, 0) is 17.9 Å². The molecule has 29 heavy (non-hydrogen) atoms. The summed E-state index contributed by atoms with van der Waals surface area (Å²) < 4.78 is 20.6. The molecular weight excluding hydrogens is 375 g/mol. The fraction of sp³-hybridized carbons (Fsp3) is 0.150. The van der Waals surface area contributed by atoms with E-state index in [0.717, 1.165) is 5.56 Å². The minimum atomic E-state index is -0.348. The Hall–Kier alpha value is -3.88. The zero-order valence-corrected chi connectivity index (χ0v) is 15.3. The van der Waals surface area contributed by atoms with E-state index >= 15 is 0 Å². The Balaban J connectivity index is 1.48. The molecule has 0 radical (unpaired) electrons. The van der Waals surface area contributed by atoms with Crippen LogP contribution in [0.4, 0.5) is 4.39 Å². The van der Waals surface area contributed by atoms with E-state index in [4.69, 9.17) is 4.74 Å². The number of rotatable bonds is 7. The number of hydrogen-bond donors (Lipinski definition) is 0. The average Bonchev–Trinajstić information content (AvgIpc) is 3.20. The Morgan fingerprint density at radius 2 is 1.97 bits per heavy atom. The lowest BCUT2D eigenvalue weighted by molar-refractivity contribution is -0.134. The molecule has 0 spiro atoms. The van der Waals surface area contributed by atoms with Gasteiger partial charge in [0.15, 0.2) is 12.3 Å². The van der Waals surface area contributed by atoms with E-state index in [2.05, 4.69) is 20.3 Å². The van der Waals surface area contributed by atoms with Gasteiger partial charge in [-0.2, -0.15) is 4.52 Å². The van der Waals surface area contributed by atoms with E-state index in [0.29, 0.717) is 17.8 Å². The molecule has 4 aromatic rings. The van der Waals surface area contributed by atoms with Crippen LogP contribution in [0.2, 0.25) is 0 Å². The van der Waals surface area contributed by atoms with Gasteiger partial charge in [-0.1, -0.05) is 18.2 Å². The largest absolute Gasteiger partial charge is 0.467 e. The fourth-order valence-electron chi connectivity index (χ4n) is 2.81. The minimum absolute atomic E-state index is 0.212. The van der Waals surface area contributed by atoms with Gasteiger partial charge in [0.1, 0.15) is 12.1 Å². The predicted octanol–water partition coefficient (Wildman–Crippen LogP) is 2.27. The van der Waals surface area contributed by atoms with Gasteiger partial charge in [0.25, 0.3) is 5.91 Å². The molecule has 3 heterocycles. The van der Waals surface area contributed by atoms with Crippen LogP contribution in [0.25, 0.3) is 5.65 Å². The van der Waals surface area contributed by atoms with Gasteiger partial charge in [-0.15, -0.1) is 15.3 Å². The molecule has 0 saturated carbocycles. The van der Waals surface area contributed by atoms with Crippen molar-refractivity contribution in [2.45, 2.75) is 13.1 Å². The monoisotopic (exact) mass is 392 g/mol. The number of ether oxygens (including phenoxy) is 1. The van der Waals surface area contributed by atoms with Gasteiger partial charge in [0, 0.05) is 31.5 Å². The molecule has 3 aromatic heterocycles. The zero-order valence-electron chi connectivity index (χ0n) is 15.3. The minimum Gasteiger partial charge on any atom is -0.467 e. The van der Waals surface area contributed by atoms with E-state index in [1.807, 2.05) is 6.07 Å². The van der Waals surface area contributed by atoms with Crippen molar-refractivity contribution in [1.29, 1.82) is 0 Å². The highest BCUT2D eigenvalue weighted by atomic mass is 19.1. The quantitative estimate of drug-likeness (QED) is 0.480. The van der Waals surface area contributed by atoms with Crippen LogP contribution in [0.1, 0.15) is 11.1 Å². The second-order valence-corrected chi connectivity index (χ2v) is 6.33. The van der Waals surface area contributed by atoms with E-state index in [1.165, 1.54) is 23.0 Å². The lowest BCUT2D eigenvalue weighted by atomic mass is 10.2. The normalized spacial score (nSPS) is 10.8. The van der Waals surface area contributed by atoms with Crippen molar-refractivity contribution in [2.75, 3.05) is 6.61 Å². The number of hydrogen-bond acceptors (Lipinski definition) is 6. The molecule has 0 fully saturated rings. The molecule has 8 nitrogen and oxygen atoms in total. The maximum absolute atomic E-state index is 13.6. The van der Waals surface area contributed by atoms with Crippen LogP contribution in [-0.4, -0.2) is 42.2 Å². The summed E-state index contributed by atoms with van der Waals surface area (Å²) in [6.45, 7) is 0.355. The van der Waals surface area contributed by atoms with Crippen molar-refractivity contribution in [3.8, 4) is 5.88 Å². The molecule has 0 aliphatic rings. The van der Waals surface area contributed by atoms with Gasteiger partial charge < -0.3 is 9.64 Å². The van der Waals surface area contributed by atoms with E-state index in [1.54, 1.807) is 47.6 Å². The number of nitrogens with zero attached hydrogens (tertiary/aromatic N) is 6. The first-order valence-electron chi connectivity index (χ1n) is 8.88. The lowest BCUT2D eigenvalue weighted by Crippen LogP contribution is -2.34. The van der Waals surface area contributed by atoms with Crippen molar-refractivity contribution in [1.82, 2.24) is 29.7 Å². The van der Waals surface area contributed by atoms with Gasteiger partial charge in [-0.3, -0.25) is 9.78 Å². The Bertz CT molecular complexity index is 1120. The number of pyridine rings is 1. The topological polar surface area (TPSA) is 85.5 Å². The van der Waals surface area contributed by atoms with Crippen molar-refractivity contribution >= 4 is 11.6 Å². The Kier molecular flexibility index (Phi) is 5.37. The lowest BCUT2D eigenvalue weighted by Gasteiger charge is -2.23. The Morgan fingerprint density at radius 1 is 1.10 bits per heavy atom. The molecule has 1 aromatic carbocycles. The summed E-state index contributed by atoms with van der Waals surface area (Å²) in [5, 5.41) is 11.8. The molecule has 0 unspecified atom stereocenters. The summed E-state index contributed by atoms with van der Waals surface area (Å²) in [7, 11) is 0. The highest BCUT2D eigenvalue weighted by Crippen LogP contribution is 2.13. The SMILES string of the molecule is O=C(COc1ccc2nncn2n1)N(Cc1cccnc1)Cc1cccc(F)c1. The van der Waals surface area contributed by atoms with Gasteiger partial charge in [0.05, 0.1) is 0 Å². The van der Waals surface area contributed by atoms with Crippen LogP contribution in [0.3, 0.4) is 0 Å². The molecule has 0 N–H and O–H groups in total. The highest BCUT2D eigenvalue weighted by Gasteiger charge is 2.16. The maximum Gasteiger partial charge on any atom is 0.261 e. The number of aromatic nitrogens is 5. The summed E-state index contributed by atoms with van der Waals surface area (Å²) in [4.78, 5) is 18.5. The molecule has 9 heteroatoms. The van der Waals surface area contributed by atoms with Crippen molar-refractivity contribution in [3.63, 3.8) is 0 Å². The molecule has 0 aliphatic heterocycles. The number of fused-ring (bicyclic) bond motifs is 1. The van der Waals surface area contributed by atoms with Crippen LogP contribution in [0.5, 0.6) is 5.88 Å². The molecule has 0 aliphatic carbocycles. The molecule has 0 saturated heterocycles. The maximum atomic E-state index is 13.6. The van der Waals surface area contributed by atoms with E-state index in [-0.39, 0.29) is 30.8 Å². The first-order chi connectivity index (χ1) is 14.2. The number of carbonyl (C=O) groups is 1. The van der Waals surface area contributed by atoms with Gasteiger partial charge in [-0.05, 0) is 35.4 Å². The Morgan fingerprint density at radius 3 is 2.79 bits per heavy atom. The number of carbonyl (C=O) groups excluding carboxylic acids is 1. The molecule has 4 rings (SSSR count). The van der Waals surface area contributed by atoms with Crippen LogP contribution >= 0.6 is 0 Å². The van der Waals surface area contributed by atoms with Crippen LogP contribution < -0.4 is 4.74 Å². The first-order valence-corrected chi connectivity index (χ1v) is 8.88. The number of amides is 1. The van der Waals surface area contributed by atoms with Gasteiger partial charge in [-0.25, -0.2) is 4.39 Å². The third-order valence-corrected chi connectivity index (χ3v) is 4.19. The highest BCUT2D eigenvalue weighted by molar-refractivity contribution is 5.77. The van der Waals surface area contributed by atoms with Crippen molar-refractivity contribution < 1.29 is 13.9 Å². The summed E-state index contributed by atoms with van der Waals surface area (Å²) in [6, 6.07) is 13.2. The Labute approximate surface area is 165 Å². The number of halogens is 1. The zero-order chi connectivity index (χ0) is 20.1. The fourth-order valence-corrected chi connectivity index (χ4v) is 2.81. The molecule has 0 bridgehead atoms. The second kappa shape index (κ2) is 8.42. The van der Waals surface area contributed by atoms with Gasteiger partial charge >= 0.3 is 0 Å². The first kappa shape index (κ1) is 18.5. The van der Waals surface area contributed by atoms with Crippen molar-refractivity contribution in [2.24, 2.45) is 0 Å². The van der Waals surface area contributed by atoms with Crippen LogP contribution in [0.15, 0.2) is 67.3 Å². The standard InChI is InChI=1S/C20H17FN6O2/c21-17-5-1-3-15(9-17)11-26(12-16-4-2-8-22-10-16)20(28)13-29-19-7-6-18-24-23-14-27(18)25-19/h1-10,14H,11-13H2. The second-order valence-electron chi connectivity index (χ2n) is 6.33. The molecule has 1 amide bonds. The summed E-state index contributed by atoms with van der Waals surface area (Å²) in [5.41, 5.74) is 2.13. The summed E-state index contributed by atoms with van der Waals surface area (Å²) in [5.74, 6) is -0.333.